The molecule has 0 aromatic carbocycles. The Balaban J connectivity index is 4.24. The van der Waals surface area contributed by atoms with E-state index in [4.69, 9.17) is 0 Å². The van der Waals surface area contributed by atoms with Gasteiger partial charge < -0.3 is 5.32 Å². The first kappa shape index (κ1) is 12.7. The number of hydrogen-bond donors (Lipinski definition) is 1. The Morgan fingerprint density at radius 3 is 1.85 bits per heavy atom. The van der Waals surface area contributed by atoms with Crippen LogP contribution in [0.15, 0.2) is 12.2 Å². The van der Waals surface area contributed by atoms with Crippen LogP contribution in [0, 0.1) is 17.8 Å². The van der Waals surface area contributed by atoms with Crippen LogP contribution in [0.2, 0.25) is 0 Å². The zero-order valence-electron chi connectivity index (χ0n) is 10.0. The van der Waals surface area contributed by atoms with Gasteiger partial charge in [0.25, 0.3) is 0 Å². The van der Waals surface area contributed by atoms with Crippen molar-refractivity contribution >= 4 is 0 Å². The van der Waals surface area contributed by atoms with Crippen molar-refractivity contribution in [3.8, 4) is 0 Å². The SMILES string of the molecule is C=C(C)C(C)C(C)C(C)[C@H](C)NC. The van der Waals surface area contributed by atoms with Gasteiger partial charge in [-0.25, -0.2) is 0 Å². The first-order valence-electron chi connectivity index (χ1n) is 5.24. The summed E-state index contributed by atoms with van der Waals surface area (Å²) in [6, 6.07) is 0.580. The first-order chi connectivity index (χ1) is 5.91. The fourth-order valence-corrected chi connectivity index (χ4v) is 1.62. The lowest BCUT2D eigenvalue weighted by atomic mass is 9.79. The molecule has 0 aliphatic rings. The number of rotatable bonds is 5. The molecule has 0 aliphatic heterocycles. The predicted octanol–water partition coefficient (Wildman–Crippen LogP) is 3.08. The fourth-order valence-electron chi connectivity index (χ4n) is 1.62. The van der Waals surface area contributed by atoms with Gasteiger partial charge in [0, 0.05) is 6.04 Å². The molecule has 1 heteroatoms. The van der Waals surface area contributed by atoms with Crippen molar-refractivity contribution in [2.24, 2.45) is 17.8 Å². The molecule has 0 rings (SSSR count). The molecule has 3 unspecified atom stereocenters. The topological polar surface area (TPSA) is 12.0 Å². The summed E-state index contributed by atoms with van der Waals surface area (Å²) in [6.07, 6.45) is 0. The lowest BCUT2D eigenvalue weighted by molar-refractivity contribution is 0.256. The van der Waals surface area contributed by atoms with E-state index in [1.807, 2.05) is 7.05 Å². The number of nitrogens with one attached hydrogen (secondary N) is 1. The van der Waals surface area contributed by atoms with Crippen molar-refractivity contribution in [3.05, 3.63) is 12.2 Å². The van der Waals surface area contributed by atoms with Crippen LogP contribution in [0.4, 0.5) is 0 Å². The zero-order valence-corrected chi connectivity index (χ0v) is 10.0. The monoisotopic (exact) mass is 183 g/mol. The van der Waals surface area contributed by atoms with Crippen LogP contribution in [-0.4, -0.2) is 13.1 Å². The average Bonchev–Trinajstić information content (AvgIpc) is 2.12. The fraction of sp³-hybridized carbons (Fsp3) is 0.833. The van der Waals surface area contributed by atoms with Gasteiger partial charge in [-0.2, -0.15) is 0 Å². The molecular formula is C12H25N. The molecule has 0 heterocycles. The van der Waals surface area contributed by atoms with E-state index < -0.39 is 0 Å². The molecule has 78 valence electrons. The van der Waals surface area contributed by atoms with E-state index in [9.17, 15) is 0 Å². The maximum atomic E-state index is 4.02. The Bertz CT molecular complexity index is 163. The van der Waals surface area contributed by atoms with Crippen molar-refractivity contribution < 1.29 is 0 Å². The van der Waals surface area contributed by atoms with Gasteiger partial charge in [-0.15, -0.1) is 0 Å². The molecule has 0 spiro atoms. The number of allylic oxidation sites excluding steroid dienone is 1. The molecule has 0 aliphatic carbocycles. The van der Waals surface area contributed by atoms with Gasteiger partial charge in [0.15, 0.2) is 0 Å². The van der Waals surface area contributed by atoms with Crippen LogP contribution < -0.4 is 5.32 Å². The highest BCUT2D eigenvalue weighted by molar-refractivity contribution is 4.97. The van der Waals surface area contributed by atoms with Crippen molar-refractivity contribution in [1.82, 2.24) is 5.32 Å². The first-order valence-corrected chi connectivity index (χ1v) is 5.24. The van der Waals surface area contributed by atoms with E-state index in [0.29, 0.717) is 23.8 Å². The van der Waals surface area contributed by atoms with Gasteiger partial charge in [0.1, 0.15) is 0 Å². The van der Waals surface area contributed by atoms with Gasteiger partial charge in [0.2, 0.25) is 0 Å². The summed E-state index contributed by atoms with van der Waals surface area (Å²) in [5.74, 6) is 2.00. The van der Waals surface area contributed by atoms with E-state index in [0.717, 1.165) is 0 Å². The second-order valence-electron chi connectivity index (χ2n) is 4.43. The third-order valence-corrected chi connectivity index (χ3v) is 3.64. The Morgan fingerprint density at radius 2 is 1.54 bits per heavy atom. The third kappa shape index (κ3) is 3.51. The van der Waals surface area contributed by atoms with Gasteiger partial charge in [-0.3, -0.25) is 0 Å². The zero-order chi connectivity index (χ0) is 10.6. The Hall–Kier alpha value is -0.300. The maximum Gasteiger partial charge on any atom is 0.00641 e. The second-order valence-corrected chi connectivity index (χ2v) is 4.43. The van der Waals surface area contributed by atoms with E-state index >= 15 is 0 Å². The van der Waals surface area contributed by atoms with E-state index in [1.165, 1.54) is 5.57 Å². The van der Waals surface area contributed by atoms with Crippen molar-refractivity contribution in [2.45, 2.75) is 40.7 Å². The van der Waals surface area contributed by atoms with Crippen LogP contribution in [0.25, 0.3) is 0 Å². The summed E-state index contributed by atoms with van der Waals surface area (Å²) in [7, 11) is 2.03. The second kappa shape index (κ2) is 5.43. The molecular weight excluding hydrogens is 158 g/mol. The maximum absolute atomic E-state index is 4.02. The molecule has 1 N–H and O–H groups in total. The van der Waals surface area contributed by atoms with Crippen molar-refractivity contribution in [2.75, 3.05) is 7.05 Å². The molecule has 0 saturated heterocycles. The minimum Gasteiger partial charge on any atom is -0.317 e. The molecule has 0 aromatic heterocycles. The molecule has 13 heavy (non-hydrogen) atoms. The highest BCUT2D eigenvalue weighted by Gasteiger charge is 2.22. The lowest BCUT2D eigenvalue weighted by Crippen LogP contribution is -2.34. The van der Waals surface area contributed by atoms with E-state index in [-0.39, 0.29) is 0 Å². The summed E-state index contributed by atoms with van der Waals surface area (Å²) in [6.45, 7) is 15.3. The van der Waals surface area contributed by atoms with Crippen molar-refractivity contribution in [3.63, 3.8) is 0 Å². The van der Waals surface area contributed by atoms with Gasteiger partial charge >= 0.3 is 0 Å². The molecule has 0 amide bonds. The third-order valence-electron chi connectivity index (χ3n) is 3.64. The molecule has 0 aromatic rings. The molecule has 0 bridgehead atoms. The standard InChI is InChI=1S/C12H25N/c1-8(2)9(3)10(4)11(5)12(6)13-7/h9-13H,1H2,2-7H3/t9?,10?,11?,12-/m0/s1. The van der Waals surface area contributed by atoms with Gasteiger partial charge in [0.05, 0.1) is 0 Å². The van der Waals surface area contributed by atoms with Crippen LogP contribution in [0.5, 0.6) is 0 Å². The molecule has 0 radical (unpaired) electrons. The van der Waals surface area contributed by atoms with Crippen LogP contribution >= 0.6 is 0 Å². The average molecular weight is 183 g/mol. The van der Waals surface area contributed by atoms with Crippen LogP contribution in [0.3, 0.4) is 0 Å². The lowest BCUT2D eigenvalue weighted by Gasteiger charge is -2.30. The minimum atomic E-state index is 0.580. The van der Waals surface area contributed by atoms with Crippen molar-refractivity contribution in [1.29, 1.82) is 0 Å². The molecule has 0 saturated carbocycles. The van der Waals surface area contributed by atoms with E-state index in [1.54, 1.807) is 0 Å². The smallest absolute Gasteiger partial charge is 0.00641 e. The summed E-state index contributed by atoms with van der Waals surface area (Å²) in [5, 5.41) is 3.31. The Morgan fingerprint density at radius 1 is 1.08 bits per heavy atom. The minimum absolute atomic E-state index is 0.580. The molecule has 0 fully saturated rings. The summed E-state index contributed by atoms with van der Waals surface area (Å²) in [5.41, 5.74) is 1.29. The largest absolute Gasteiger partial charge is 0.317 e. The van der Waals surface area contributed by atoms with Gasteiger partial charge in [-0.05, 0) is 38.6 Å². The van der Waals surface area contributed by atoms with E-state index in [2.05, 4.69) is 46.5 Å². The molecule has 4 atom stereocenters. The Labute approximate surface area is 83.6 Å². The normalized spacial score (nSPS) is 20.5. The quantitative estimate of drug-likeness (QED) is 0.646. The summed E-state index contributed by atoms with van der Waals surface area (Å²) >= 11 is 0. The summed E-state index contributed by atoms with van der Waals surface area (Å²) < 4.78 is 0. The van der Waals surface area contributed by atoms with Crippen LogP contribution in [0.1, 0.15) is 34.6 Å². The molecule has 1 nitrogen and oxygen atoms in total. The van der Waals surface area contributed by atoms with Crippen LogP contribution in [-0.2, 0) is 0 Å². The summed E-state index contributed by atoms with van der Waals surface area (Å²) in [4.78, 5) is 0. The predicted molar refractivity (Wildman–Crippen MR) is 60.8 cm³/mol. The Kier molecular flexibility index (Phi) is 5.31. The highest BCUT2D eigenvalue weighted by Crippen LogP contribution is 2.27. The van der Waals surface area contributed by atoms with Gasteiger partial charge in [-0.1, -0.05) is 32.9 Å². The highest BCUT2D eigenvalue weighted by atomic mass is 14.9. The number of hydrogen-bond acceptors (Lipinski definition) is 1.